The van der Waals surface area contributed by atoms with Crippen molar-refractivity contribution in [3.05, 3.63) is 64.7 Å². The number of hydrogen-bond donors (Lipinski definition) is 2. The van der Waals surface area contributed by atoms with Crippen LogP contribution in [-0.4, -0.2) is 43.0 Å². The van der Waals surface area contributed by atoms with Crippen molar-refractivity contribution < 1.29 is 19.4 Å². The Morgan fingerprint density at radius 3 is 2.30 bits per heavy atom. The van der Waals surface area contributed by atoms with Crippen LogP contribution in [0.1, 0.15) is 31.8 Å². The zero-order valence-electron chi connectivity index (χ0n) is 12.5. The molecule has 0 aromatic heterocycles. The van der Waals surface area contributed by atoms with Crippen LogP contribution in [0.3, 0.4) is 0 Å². The third-order valence-electron chi connectivity index (χ3n) is 3.75. The van der Waals surface area contributed by atoms with Crippen molar-refractivity contribution in [2.75, 3.05) is 31.7 Å². The van der Waals surface area contributed by atoms with Crippen molar-refractivity contribution in [1.82, 2.24) is 0 Å². The molecule has 0 bridgehead atoms. The van der Waals surface area contributed by atoms with Gasteiger partial charge in [-0.05, 0) is 6.07 Å². The van der Waals surface area contributed by atoms with E-state index in [0.29, 0.717) is 41.1 Å². The first kappa shape index (κ1) is 15.4. The van der Waals surface area contributed by atoms with Gasteiger partial charge in [-0.3, -0.25) is 9.59 Å². The van der Waals surface area contributed by atoms with Gasteiger partial charge in [-0.2, -0.15) is 0 Å². The summed E-state index contributed by atoms with van der Waals surface area (Å²) < 4.78 is 5.19. The lowest BCUT2D eigenvalue weighted by molar-refractivity contribution is 0.0977. The SMILES string of the molecule is O=C1c2ccccc2C(=O)c2c(NCCOCCO)cccc21. The minimum Gasteiger partial charge on any atom is -0.394 e. The molecule has 2 aromatic rings. The number of aliphatic hydroxyl groups is 1. The second-order valence-corrected chi connectivity index (χ2v) is 5.19. The number of hydrogen-bond acceptors (Lipinski definition) is 5. The second kappa shape index (κ2) is 6.73. The average Bonchev–Trinajstić information content (AvgIpc) is 2.59. The van der Waals surface area contributed by atoms with Crippen LogP contribution >= 0.6 is 0 Å². The summed E-state index contributed by atoms with van der Waals surface area (Å²) in [6.45, 7) is 1.15. The Balaban J connectivity index is 1.88. The van der Waals surface area contributed by atoms with E-state index in [1.807, 2.05) is 0 Å². The van der Waals surface area contributed by atoms with Crippen molar-refractivity contribution in [3.63, 3.8) is 0 Å². The van der Waals surface area contributed by atoms with E-state index in [2.05, 4.69) is 5.32 Å². The number of aliphatic hydroxyl groups excluding tert-OH is 1. The molecule has 3 rings (SSSR count). The Morgan fingerprint density at radius 1 is 0.870 bits per heavy atom. The molecule has 0 unspecified atom stereocenters. The third-order valence-corrected chi connectivity index (χ3v) is 3.75. The summed E-state index contributed by atoms with van der Waals surface area (Å²) in [5.41, 5.74) is 2.36. The summed E-state index contributed by atoms with van der Waals surface area (Å²) in [4.78, 5) is 25.3. The van der Waals surface area contributed by atoms with E-state index in [4.69, 9.17) is 9.84 Å². The minimum atomic E-state index is -0.144. The fraction of sp³-hybridized carbons (Fsp3) is 0.222. The first-order valence-corrected chi connectivity index (χ1v) is 7.48. The highest BCUT2D eigenvalue weighted by molar-refractivity contribution is 6.30. The third kappa shape index (κ3) is 2.88. The van der Waals surface area contributed by atoms with Gasteiger partial charge in [0, 0.05) is 28.9 Å². The normalized spacial score (nSPS) is 12.7. The molecule has 0 saturated carbocycles. The van der Waals surface area contributed by atoms with E-state index in [1.54, 1.807) is 42.5 Å². The van der Waals surface area contributed by atoms with Gasteiger partial charge < -0.3 is 15.2 Å². The summed E-state index contributed by atoms with van der Waals surface area (Å²) in [6.07, 6.45) is 0. The number of fused-ring (bicyclic) bond motifs is 2. The van der Waals surface area contributed by atoms with E-state index in [0.717, 1.165) is 0 Å². The van der Waals surface area contributed by atoms with Crippen LogP contribution in [0, 0.1) is 0 Å². The van der Waals surface area contributed by atoms with E-state index >= 15 is 0 Å². The number of nitrogens with one attached hydrogen (secondary N) is 1. The Hall–Kier alpha value is -2.50. The van der Waals surface area contributed by atoms with Crippen LogP contribution in [0.25, 0.3) is 0 Å². The first-order valence-electron chi connectivity index (χ1n) is 7.48. The van der Waals surface area contributed by atoms with Crippen LogP contribution in [0.2, 0.25) is 0 Å². The molecule has 0 radical (unpaired) electrons. The van der Waals surface area contributed by atoms with E-state index < -0.39 is 0 Å². The number of carbonyl (C=O) groups excluding carboxylic acids is 2. The molecule has 2 N–H and O–H groups in total. The van der Waals surface area contributed by atoms with Gasteiger partial charge in [0.05, 0.1) is 25.4 Å². The average molecular weight is 311 g/mol. The summed E-state index contributed by atoms with van der Waals surface area (Å²) in [7, 11) is 0. The minimum absolute atomic E-state index is 0.0233. The lowest BCUT2D eigenvalue weighted by Gasteiger charge is -2.20. The van der Waals surface area contributed by atoms with Crippen molar-refractivity contribution in [1.29, 1.82) is 0 Å². The number of ether oxygens (including phenoxy) is 1. The molecule has 0 aliphatic heterocycles. The number of benzene rings is 2. The quantitative estimate of drug-likeness (QED) is 0.680. The topological polar surface area (TPSA) is 75.6 Å². The van der Waals surface area contributed by atoms with E-state index in [9.17, 15) is 9.59 Å². The molecule has 1 aliphatic rings. The molecule has 0 spiro atoms. The fourth-order valence-corrected chi connectivity index (χ4v) is 2.72. The summed E-state index contributed by atoms with van der Waals surface area (Å²) >= 11 is 0. The number of carbonyl (C=O) groups is 2. The molecule has 0 amide bonds. The van der Waals surface area contributed by atoms with Crippen LogP contribution < -0.4 is 5.32 Å². The zero-order chi connectivity index (χ0) is 16.2. The largest absolute Gasteiger partial charge is 0.394 e. The van der Waals surface area contributed by atoms with Crippen molar-refractivity contribution in [2.24, 2.45) is 0 Å². The van der Waals surface area contributed by atoms with Crippen LogP contribution in [0.4, 0.5) is 5.69 Å². The fourth-order valence-electron chi connectivity index (χ4n) is 2.72. The van der Waals surface area contributed by atoms with Gasteiger partial charge in [0.1, 0.15) is 0 Å². The maximum atomic E-state index is 12.8. The van der Waals surface area contributed by atoms with Gasteiger partial charge in [-0.1, -0.05) is 36.4 Å². The predicted molar refractivity (Wildman–Crippen MR) is 86.1 cm³/mol. The van der Waals surface area contributed by atoms with Gasteiger partial charge >= 0.3 is 0 Å². The highest BCUT2D eigenvalue weighted by Gasteiger charge is 2.31. The van der Waals surface area contributed by atoms with Gasteiger partial charge in [-0.25, -0.2) is 0 Å². The number of rotatable bonds is 6. The molecule has 23 heavy (non-hydrogen) atoms. The number of anilines is 1. The van der Waals surface area contributed by atoms with Crippen molar-refractivity contribution >= 4 is 17.3 Å². The van der Waals surface area contributed by atoms with Crippen LogP contribution in [0.15, 0.2) is 42.5 Å². The standard InChI is InChI=1S/C18H17NO4/c20-9-11-23-10-8-19-15-7-3-6-14-16(15)18(22)13-5-2-1-4-12(13)17(14)21/h1-7,19-20H,8-11H2. The molecule has 0 saturated heterocycles. The zero-order valence-corrected chi connectivity index (χ0v) is 12.5. The highest BCUT2D eigenvalue weighted by Crippen LogP contribution is 2.31. The maximum Gasteiger partial charge on any atom is 0.196 e. The molecule has 5 heteroatoms. The van der Waals surface area contributed by atoms with Crippen molar-refractivity contribution in [2.45, 2.75) is 0 Å². The van der Waals surface area contributed by atoms with Crippen LogP contribution in [-0.2, 0) is 4.74 Å². The molecule has 5 nitrogen and oxygen atoms in total. The Morgan fingerprint density at radius 2 is 1.57 bits per heavy atom. The van der Waals surface area contributed by atoms with Gasteiger partial charge in [-0.15, -0.1) is 0 Å². The smallest absolute Gasteiger partial charge is 0.196 e. The summed E-state index contributed by atoms with van der Waals surface area (Å²) in [6, 6.07) is 12.1. The second-order valence-electron chi connectivity index (χ2n) is 5.19. The predicted octanol–water partition coefficient (Wildman–Crippen LogP) is 1.88. The first-order chi connectivity index (χ1) is 11.2. The number of ketones is 2. The van der Waals surface area contributed by atoms with E-state index in [1.165, 1.54) is 0 Å². The molecular formula is C18H17NO4. The summed E-state index contributed by atoms with van der Waals surface area (Å²) in [5, 5.41) is 11.8. The Kier molecular flexibility index (Phi) is 4.50. The highest BCUT2D eigenvalue weighted by atomic mass is 16.5. The van der Waals surface area contributed by atoms with Gasteiger partial charge in [0.25, 0.3) is 0 Å². The van der Waals surface area contributed by atoms with E-state index in [-0.39, 0.29) is 24.8 Å². The molecule has 1 aliphatic carbocycles. The lowest BCUT2D eigenvalue weighted by Crippen LogP contribution is -2.23. The monoisotopic (exact) mass is 311 g/mol. The molecule has 0 fully saturated rings. The van der Waals surface area contributed by atoms with Crippen LogP contribution in [0.5, 0.6) is 0 Å². The Bertz CT molecular complexity index is 754. The van der Waals surface area contributed by atoms with Gasteiger partial charge in [0.15, 0.2) is 11.6 Å². The molecule has 2 aromatic carbocycles. The maximum absolute atomic E-state index is 12.8. The Labute approximate surface area is 133 Å². The molecule has 0 atom stereocenters. The lowest BCUT2D eigenvalue weighted by atomic mass is 9.83. The van der Waals surface area contributed by atoms with Crippen molar-refractivity contribution in [3.8, 4) is 0 Å². The molecule has 0 heterocycles. The van der Waals surface area contributed by atoms with Gasteiger partial charge in [0.2, 0.25) is 0 Å². The molecular weight excluding hydrogens is 294 g/mol. The molecule has 118 valence electrons. The summed E-state index contributed by atoms with van der Waals surface area (Å²) in [5.74, 6) is -0.273.